The summed E-state index contributed by atoms with van der Waals surface area (Å²) >= 11 is 0. The maximum Gasteiger partial charge on any atom is 0.256 e. The van der Waals surface area contributed by atoms with Gasteiger partial charge in [0.2, 0.25) is 0 Å². The Morgan fingerprint density at radius 1 is 1.48 bits per heavy atom. The van der Waals surface area contributed by atoms with Gasteiger partial charge in [-0.2, -0.15) is 0 Å². The monoisotopic (exact) mass is 286 g/mol. The SMILES string of the molecule is CC(C)[C@@H]1CCN(C(=O)c2cccn3cncc23)C[C@H]1N. The minimum Gasteiger partial charge on any atom is -0.337 e. The number of likely N-dealkylation sites (tertiary alicyclic amines) is 1. The molecule has 0 aliphatic carbocycles. The van der Waals surface area contributed by atoms with Crippen LogP contribution in [0.15, 0.2) is 30.9 Å². The second kappa shape index (κ2) is 5.48. The highest BCUT2D eigenvalue weighted by molar-refractivity contribution is 6.00. The molecule has 1 aliphatic rings. The number of nitrogens with zero attached hydrogens (tertiary/aromatic N) is 3. The molecule has 0 radical (unpaired) electrons. The number of hydrogen-bond acceptors (Lipinski definition) is 3. The second-order valence-corrected chi connectivity index (χ2v) is 6.22. The van der Waals surface area contributed by atoms with Crippen LogP contribution in [0.1, 0.15) is 30.6 Å². The van der Waals surface area contributed by atoms with E-state index in [1.807, 2.05) is 27.6 Å². The average molecular weight is 286 g/mol. The number of nitrogens with two attached hydrogens (primary N) is 1. The minimum atomic E-state index is 0.0544. The fraction of sp³-hybridized carbons (Fsp3) is 0.500. The van der Waals surface area contributed by atoms with Gasteiger partial charge in [0, 0.05) is 25.3 Å². The van der Waals surface area contributed by atoms with E-state index in [1.54, 1.807) is 12.5 Å². The predicted octanol–water partition coefficient (Wildman–Crippen LogP) is 1.78. The molecule has 2 N–H and O–H groups in total. The van der Waals surface area contributed by atoms with Crippen LogP contribution in [0.5, 0.6) is 0 Å². The van der Waals surface area contributed by atoms with E-state index in [-0.39, 0.29) is 11.9 Å². The van der Waals surface area contributed by atoms with E-state index in [9.17, 15) is 4.79 Å². The number of pyridine rings is 1. The summed E-state index contributed by atoms with van der Waals surface area (Å²) in [5.74, 6) is 1.12. The fourth-order valence-electron chi connectivity index (χ4n) is 3.31. The molecule has 2 atom stereocenters. The Morgan fingerprint density at radius 2 is 2.29 bits per heavy atom. The molecule has 1 saturated heterocycles. The third-order valence-electron chi connectivity index (χ3n) is 4.54. The quantitative estimate of drug-likeness (QED) is 0.915. The van der Waals surface area contributed by atoms with Crippen LogP contribution in [0.2, 0.25) is 0 Å². The van der Waals surface area contributed by atoms with Crippen molar-refractivity contribution >= 4 is 11.4 Å². The zero-order valence-corrected chi connectivity index (χ0v) is 12.6. The van der Waals surface area contributed by atoms with Crippen LogP contribution >= 0.6 is 0 Å². The topological polar surface area (TPSA) is 63.6 Å². The standard InChI is InChI=1S/C16H22N4O/c1-11(2)12-5-7-19(9-14(12)17)16(21)13-4-3-6-20-10-18-8-15(13)20/h3-4,6,8,10-12,14H,5,7,9,17H2,1-2H3/t12-,14+/m0/s1. The van der Waals surface area contributed by atoms with Crippen LogP contribution in [-0.4, -0.2) is 39.3 Å². The summed E-state index contributed by atoms with van der Waals surface area (Å²) < 4.78 is 1.87. The highest BCUT2D eigenvalue weighted by atomic mass is 16.2. The summed E-state index contributed by atoms with van der Waals surface area (Å²) in [5.41, 5.74) is 7.82. The van der Waals surface area contributed by atoms with Crippen molar-refractivity contribution in [2.75, 3.05) is 13.1 Å². The van der Waals surface area contributed by atoms with E-state index in [0.717, 1.165) is 18.5 Å². The predicted molar refractivity (Wildman–Crippen MR) is 82.0 cm³/mol. The number of hydrogen-bond donors (Lipinski definition) is 1. The highest BCUT2D eigenvalue weighted by Gasteiger charge is 2.31. The molecule has 5 nitrogen and oxygen atoms in total. The lowest BCUT2D eigenvalue weighted by atomic mass is 9.83. The van der Waals surface area contributed by atoms with Crippen LogP contribution in [0, 0.1) is 11.8 Å². The maximum atomic E-state index is 12.8. The van der Waals surface area contributed by atoms with Gasteiger partial charge in [-0.25, -0.2) is 4.98 Å². The molecule has 1 aliphatic heterocycles. The van der Waals surface area contributed by atoms with Gasteiger partial charge in [-0.1, -0.05) is 13.8 Å². The zero-order valence-electron chi connectivity index (χ0n) is 12.6. The molecule has 1 amide bonds. The molecule has 3 rings (SSSR count). The number of carbonyl (C=O) groups is 1. The van der Waals surface area contributed by atoms with Gasteiger partial charge in [0.25, 0.3) is 5.91 Å². The van der Waals surface area contributed by atoms with Gasteiger partial charge >= 0.3 is 0 Å². The van der Waals surface area contributed by atoms with Crippen molar-refractivity contribution in [2.24, 2.45) is 17.6 Å². The Hall–Kier alpha value is -1.88. The number of amides is 1. The Balaban J connectivity index is 1.82. The van der Waals surface area contributed by atoms with E-state index in [2.05, 4.69) is 18.8 Å². The molecule has 2 aromatic rings. The molecule has 0 unspecified atom stereocenters. The molecule has 2 aromatic heterocycles. The van der Waals surface area contributed by atoms with Gasteiger partial charge in [-0.15, -0.1) is 0 Å². The lowest BCUT2D eigenvalue weighted by Crippen LogP contribution is -2.51. The van der Waals surface area contributed by atoms with Gasteiger partial charge in [-0.05, 0) is 30.4 Å². The summed E-state index contributed by atoms with van der Waals surface area (Å²) in [4.78, 5) is 18.8. The first kappa shape index (κ1) is 14.1. The largest absolute Gasteiger partial charge is 0.337 e. The number of fused-ring (bicyclic) bond motifs is 1. The lowest BCUT2D eigenvalue weighted by molar-refractivity contribution is 0.0633. The Labute approximate surface area is 124 Å². The van der Waals surface area contributed by atoms with E-state index >= 15 is 0 Å². The summed E-state index contributed by atoms with van der Waals surface area (Å²) in [7, 11) is 0. The van der Waals surface area contributed by atoms with Crippen molar-refractivity contribution in [1.29, 1.82) is 0 Å². The van der Waals surface area contributed by atoms with E-state index in [1.165, 1.54) is 0 Å². The van der Waals surface area contributed by atoms with Crippen molar-refractivity contribution < 1.29 is 4.79 Å². The van der Waals surface area contributed by atoms with Gasteiger partial charge in [0.05, 0.1) is 23.6 Å². The number of rotatable bonds is 2. The molecule has 0 aromatic carbocycles. The molecule has 112 valence electrons. The van der Waals surface area contributed by atoms with Gasteiger partial charge in [0.15, 0.2) is 0 Å². The highest BCUT2D eigenvalue weighted by Crippen LogP contribution is 2.25. The Kier molecular flexibility index (Phi) is 3.68. The Morgan fingerprint density at radius 3 is 3.00 bits per heavy atom. The average Bonchev–Trinajstić information content (AvgIpc) is 2.94. The lowest BCUT2D eigenvalue weighted by Gasteiger charge is -2.38. The van der Waals surface area contributed by atoms with Crippen LogP contribution in [0.3, 0.4) is 0 Å². The van der Waals surface area contributed by atoms with E-state index in [4.69, 9.17) is 5.73 Å². The number of carbonyl (C=O) groups excluding carboxylic acids is 1. The van der Waals surface area contributed by atoms with Crippen LogP contribution in [0.4, 0.5) is 0 Å². The van der Waals surface area contributed by atoms with Crippen LogP contribution in [-0.2, 0) is 0 Å². The molecule has 0 spiro atoms. The first-order chi connectivity index (χ1) is 10.1. The number of imidazole rings is 1. The van der Waals surface area contributed by atoms with Gasteiger partial charge in [-0.3, -0.25) is 4.79 Å². The molecule has 0 saturated carbocycles. The fourth-order valence-corrected chi connectivity index (χ4v) is 3.31. The van der Waals surface area contributed by atoms with Crippen molar-refractivity contribution in [3.8, 4) is 0 Å². The molecular formula is C16H22N4O. The van der Waals surface area contributed by atoms with Crippen LogP contribution in [0.25, 0.3) is 5.52 Å². The number of piperidine rings is 1. The van der Waals surface area contributed by atoms with Crippen molar-refractivity contribution in [2.45, 2.75) is 26.3 Å². The molecule has 21 heavy (non-hydrogen) atoms. The number of aromatic nitrogens is 2. The van der Waals surface area contributed by atoms with Gasteiger partial charge < -0.3 is 15.0 Å². The summed E-state index contributed by atoms with van der Waals surface area (Å²) in [5, 5.41) is 0. The minimum absolute atomic E-state index is 0.0544. The smallest absolute Gasteiger partial charge is 0.256 e. The van der Waals surface area contributed by atoms with Crippen molar-refractivity contribution in [3.05, 3.63) is 36.4 Å². The van der Waals surface area contributed by atoms with Crippen LogP contribution < -0.4 is 5.73 Å². The van der Waals surface area contributed by atoms with Crippen molar-refractivity contribution in [3.63, 3.8) is 0 Å². The maximum absolute atomic E-state index is 12.8. The third kappa shape index (κ3) is 2.53. The summed E-state index contributed by atoms with van der Waals surface area (Å²) in [6.45, 7) is 5.82. The first-order valence-corrected chi connectivity index (χ1v) is 7.53. The van der Waals surface area contributed by atoms with Gasteiger partial charge in [0.1, 0.15) is 0 Å². The molecule has 0 bridgehead atoms. The molecule has 5 heteroatoms. The van der Waals surface area contributed by atoms with E-state index < -0.39 is 0 Å². The third-order valence-corrected chi connectivity index (χ3v) is 4.54. The van der Waals surface area contributed by atoms with Crippen molar-refractivity contribution in [1.82, 2.24) is 14.3 Å². The molecule has 3 heterocycles. The Bertz CT molecular complexity index is 649. The zero-order chi connectivity index (χ0) is 15.0. The molecule has 1 fully saturated rings. The normalized spacial score (nSPS) is 23.0. The first-order valence-electron chi connectivity index (χ1n) is 7.53. The van der Waals surface area contributed by atoms with E-state index in [0.29, 0.717) is 23.9 Å². The summed E-state index contributed by atoms with van der Waals surface area (Å²) in [6.07, 6.45) is 6.32. The molecular weight excluding hydrogens is 264 g/mol. The second-order valence-electron chi connectivity index (χ2n) is 6.22. The summed E-state index contributed by atoms with van der Waals surface area (Å²) in [6, 6.07) is 3.80.